The highest BCUT2D eigenvalue weighted by atomic mass is 32.1. The molecule has 3 amide bonds. The Morgan fingerprint density at radius 3 is 2.33 bits per heavy atom. The maximum Gasteiger partial charge on any atom is 0.408 e. The number of nitrogens with one attached hydrogen (secondary N) is 2. The van der Waals surface area contributed by atoms with E-state index in [4.69, 9.17) is 15.9 Å². The number of rotatable bonds is 10. The van der Waals surface area contributed by atoms with E-state index < -0.39 is 41.6 Å². The average molecular weight is 478 g/mol. The molecule has 180 valence electrons. The SMILES string of the molecule is C#CN(C(=O)C(CS)NC(=O)OC(C)(C)C)C(C(=O)NCCC(=O)OCC)c1ccccc1. The van der Waals surface area contributed by atoms with Crippen molar-refractivity contribution in [1.29, 1.82) is 0 Å². The molecule has 0 fully saturated rings. The van der Waals surface area contributed by atoms with Crippen LogP contribution in [0.15, 0.2) is 30.3 Å². The second kappa shape index (κ2) is 13.4. The maximum atomic E-state index is 13.2. The number of thiol groups is 1. The van der Waals surface area contributed by atoms with Crippen molar-refractivity contribution >= 4 is 36.5 Å². The van der Waals surface area contributed by atoms with E-state index in [9.17, 15) is 19.2 Å². The Balaban J connectivity index is 3.09. The Morgan fingerprint density at radius 2 is 1.82 bits per heavy atom. The largest absolute Gasteiger partial charge is 0.466 e. The van der Waals surface area contributed by atoms with Crippen LogP contribution in [-0.4, -0.2) is 59.3 Å². The van der Waals surface area contributed by atoms with Crippen molar-refractivity contribution in [3.8, 4) is 12.5 Å². The normalized spacial score (nSPS) is 12.5. The second-order valence-corrected chi connectivity index (χ2v) is 8.24. The summed E-state index contributed by atoms with van der Waals surface area (Å²) in [5.74, 6) is -1.85. The summed E-state index contributed by atoms with van der Waals surface area (Å²) < 4.78 is 10.0. The van der Waals surface area contributed by atoms with Crippen LogP contribution in [0.2, 0.25) is 0 Å². The number of ether oxygens (including phenoxy) is 2. The molecule has 1 aromatic carbocycles. The molecule has 0 aliphatic rings. The van der Waals surface area contributed by atoms with E-state index in [1.807, 2.05) is 0 Å². The summed E-state index contributed by atoms with van der Waals surface area (Å²) >= 11 is 4.14. The molecule has 0 bridgehead atoms. The van der Waals surface area contributed by atoms with Gasteiger partial charge in [0.1, 0.15) is 17.7 Å². The molecule has 0 aromatic heterocycles. The number of terminal acetylenes is 1. The fourth-order valence-electron chi connectivity index (χ4n) is 2.74. The molecule has 0 aliphatic carbocycles. The third kappa shape index (κ3) is 9.45. The Labute approximate surface area is 200 Å². The van der Waals surface area contributed by atoms with Crippen LogP contribution in [0.3, 0.4) is 0 Å². The van der Waals surface area contributed by atoms with E-state index in [1.54, 1.807) is 58.0 Å². The smallest absolute Gasteiger partial charge is 0.408 e. The number of nitrogens with zero attached hydrogens (tertiary/aromatic N) is 1. The Kier molecular flexibility index (Phi) is 11.3. The molecule has 0 radical (unpaired) electrons. The van der Waals surface area contributed by atoms with Crippen LogP contribution in [0.4, 0.5) is 4.79 Å². The minimum absolute atomic E-state index is 0.000241. The van der Waals surface area contributed by atoms with E-state index in [0.29, 0.717) is 5.56 Å². The number of amides is 3. The Hall–Kier alpha value is -3.19. The van der Waals surface area contributed by atoms with E-state index in [0.717, 1.165) is 4.90 Å². The summed E-state index contributed by atoms with van der Waals surface area (Å²) in [5.41, 5.74) is -0.321. The first-order valence-corrected chi connectivity index (χ1v) is 11.0. The summed E-state index contributed by atoms with van der Waals surface area (Å²) in [5, 5.41) is 5.05. The van der Waals surface area contributed by atoms with Gasteiger partial charge in [-0.2, -0.15) is 12.6 Å². The fourth-order valence-corrected chi connectivity index (χ4v) is 2.99. The highest BCUT2D eigenvalue weighted by Gasteiger charge is 2.35. The first kappa shape index (κ1) is 27.8. The molecule has 0 heterocycles. The van der Waals surface area contributed by atoms with Crippen LogP contribution >= 0.6 is 12.6 Å². The summed E-state index contributed by atoms with van der Waals surface area (Å²) in [6.07, 6.45) is 4.77. The van der Waals surface area contributed by atoms with Crippen LogP contribution in [-0.2, 0) is 23.9 Å². The quantitative estimate of drug-likeness (QED) is 0.206. The third-order valence-corrected chi connectivity index (χ3v) is 4.47. The lowest BCUT2D eigenvalue weighted by atomic mass is 10.0. The van der Waals surface area contributed by atoms with Gasteiger partial charge in [-0.15, -0.1) is 0 Å². The van der Waals surface area contributed by atoms with Gasteiger partial charge in [-0.3, -0.25) is 19.3 Å². The maximum absolute atomic E-state index is 13.2. The summed E-state index contributed by atoms with van der Waals surface area (Å²) in [6.45, 7) is 6.97. The molecular weight excluding hydrogens is 446 g/mol. The Morgan fingerprint density at radius 1 is 1.18 bits per heavy atom. The lowest BCUT2D eigenvalue weighted by Crippen LogP contribution is -2.52. The van der Waals surface area contributed by atoms with E-state index in [-0.39, 0.29) is 25.3 Å². The molecular formula is C23H31N3O6S. The molecule has 10 heteroatoms. The molecule has 2 N–H and O–H groups in total. The molecule has 0 aliphatic heterocycles. The van der Waals surface area contributed by atoms with Gasteiger partial charge in [0.2, 0.25) is 5.91 Å². The van der Waals surface area contributed by atoms with Gasteiger partial charge in [-0.25, -0.2) is 4.79 Å². The lowest BCUT2D eigenvalue weighted by molar-refractivity contribution is -0.143. The molecule has 0 saturated heterocycles. The van der Waals surface area contributed by atoms with Gasteiger partial charge < -0.3 is 20.1 Å². The minimum Gasteiger partial charge on any atom is -0.466 e. The van der Waals surface area contributed by atoms with Crippen molar-refractivity contribution < 1.29 is 28.7 Å². The molecule has 1 rings (SSSR count). The average Bonchev–Trinajstić information content (AvgIpc) is 2.74. The first-order chi connectivity index (χ1) is 15.5. The molecule has 0 saturated carbocycles. The summed E-state index contributed by atoms with van der Waals surface area (Å²) in [7, 11) is 0. The third-order valence-electron chi connectivity index (χ3n) is 4.10. The number of hydrogen-bond donors (Lipinski definition) is 3. The van der Waals surface area contributed by atoms with Crippen LogP contribution < -0.4 is 10.6 Å². The number of carbonyl (C=O) groups is 4. The van der Waals surface area contributed by atoms with Crippen molar-refractivity contribution in [3.05, 3.63) is 35.9 Å². The molecule has 33 heavy (non-hydrogen) atoms. The van der Waals surface area contributed by atoms with Crippen LogP contribution in [0, 0.1) is 12.5 Å². The predicted molar refractivity (Wildman–Crippen MR) is 126 cm³/mol. The zero-order chi connectivity index (χ0) is 25.0. The summed E-state index contributed by atoms with van der Waals surface area (Å²) in [6, 6.07) is 8.33. The van der Waals surface area contributed by atoms with Gasteiger partial charge in [-0.1, -0.05) is 36.8 Å². The van der Waals surface area contributed by atoms with Gasteiger partial charge in [0.25, 0.3) is 5.91 Å². The van der Waals surface area contributed by atoms with Crippen molar-refractivity contribution in [2.24, 2.45) is 0 Å². The number of hydrogen-bond acceptors (Lipinski definition) is 7. The highest BCUT2D eigenvalue weighted by molar-refractivity contribution is 7.80. The van der Waals surface area contributed by atoms with Gasteiger partial charge >= 0.3 is 12.1 Å². The highest BCUT2D eigenvalue weighted by Crippen LogP contribution is 2.22. The van der Waals surface area contributed by atoms with Gasteiger partial charge in [0.05, 0.1) is 13.0 Å². The van der Waals surface area contributed by atoms with Crippen molar-refractivity contribution in [2.45, 2.75) is 51.8 Å². The topological polar surface area (TPSA) is 114 Å². The van der Waals surface area contributed by atoms with Crippen molar-refractivity contribution in [2.75, 3.05) is 18.9 Å². The number of alkyl carbamates (subject to hydrolysis) is 1. The van der Waals surface area contributed by atoms with Gasteiger partial charge in [0, 0.05) is 18.3 Å². The van der Waals surface area contributed by atoms with Crippen molar-refractivity contribution in [1.82, 2.24) is 15.5 Å². The first-order valence-electron chi connectivity index (χ1n) is 10.4. The molecule has 0 spiro atoms. The van der Waals surface area contributed by atoms with E-state index in [1.165, 1.54) is 0 Å². The number of esters is 1. The minimum atomic E-state index is -1.20. The monoisotopic (exact) mass is 477 g/mol. The van der Waals surface area contributed by atoms with Crippen molar-refractivity contribution in [3.63, 3.8) is 0 Å². The lowest BCUT2D eigenvalue weighted by Gasteiger charge is -2.30. The zero-order valence-electron chi connectivity index (χ0n) is 19.3. The predicted octanol–water partition coefficient (Wildman–Crippen LogP) is 2.04. The summed E-state index contributed by atoms with van der Waals surface area (Å²) in [4.78, 5) is 50.8. The van der Waals surface area contributed by atoms with Crippen LogP contribution in [0.5, 0.6) is 0 Å². The van der Waals surface area contributed by atoms with Gasteiger partial charge in [0.15, 0.2) is 0 Å². The van der Waals surface area contributed by atoms with E-state index >= 15 is 0 Å². The number of benzene rings is 1. The Bertz CT molecular complexity index is 863. The fraction of sp³-hybridized carbons (Fsp3) is 0.478. The molecule has 9 nitrogen and oxygen atoms in total. The van der Waals surface area contributed by atoms with Gasteiger partial charge in [-0.05, 0) is 33.3 Å². The molecule has 2 atom stereocenters. The van der Waals surface area contributed by atoms with Crippen LogP contribution in [0.25, 0.3) is 0 Å². The zero-order valence-corrected chi connectivity index (χ0v) is 20.2. The standard InChI is InChI=1S/C23H31N3O6S/c1-6-26(21(29)17(15-33)25-22(30)32-23(3,4)5)19(16-11-9-8-10-12-16)20(28)24-14-13-18(27)31-7-2/h1,8-12,17,19,33H,7,13-15H2,2-5H3,(H,24,28)(H,25,30). The second-order valence-electron chi connectivity index (χ2n) is 7.88. The van der Waals surface area contributed by atoms with E-state index in [2.05, 4.69) is 29.3 Å². The molecule has 2 unspecified atom stereocenters. The van der Waals surface area contributed by atoms with Crippen LogP contribution in [0.1, 0.15) is 45.7 Å². The number of carbonyl (C=O) groups excluding carboxylic acids is 4. The molecule has 1 aromatic rings.